The number of Topliss-reactive ketones (excluding diaryl/α,β-unsaturated/α-hetero) is 2. The van der Waals surface area contributed by atoms with Crippen molar-refractivity contribution >= 4 is 11.6 Å². The molecule has 0 heterocycles. The zero-order valence-corrected chi connectivity index (χ0v) is 6.44. The van der Waals surface area contributed by atoms with Crippen molar-refractivity contribution in [3.8, 4) is 0 Å². The second kappa shape index (κ2) is 1.05. The van der Waals surface area contributed by atoms with E-state index in [2.05, 4.69) is 0 Å². The van der Waals surface area contributed by atoms with E-state index in [1.807, 2.05) is 0 Å². The Morgan fingerprint density at radius 3 is 1.33 bits per heavy atom. The van der Waals surface area contributed by atoms with Gasteiger partial charge in [-0.25, -0.2) is 0 Å². The Morgan fingerprint density at radius 1 is 0.583 bits per heavy atom. The van der Waals surface area contributed by atoms with Crippen LogP contribution in [0.15, 0.2) is 0 Å². The van der Waals surface area contributed by atoms with Crippen molar-refractivity contribution in [1.29, 1.82) is 0 Å². The maximum Gasteiger partial charge on any atom is 0.140 e. The monoisotopic (exact) mass is 160 g/mol. The molecule has 6 fully saturated rings. The van der Waals surface area contributed by atoms with Gasteiger partial charge < -0.3 is 0 Å². The van der Waals surface area contributed by atoms with Crippen LogP contribution in [0.3, 0.4) is 0 Å². The van der Waals surface area contributed by atoms with E-state index in [-0.39, 0.29) is 11.8 Å². The molecule has 6 aliphatic rings. The van der Waals surface area contributed by atoms with Crippen LogP contribution in [0, 0.1) is 47.3 Å². The highest BCUT2D eigenvalue weighted by Crippen LogP contribution is 2.85. The van der Waals surface area contributed by atoms with Crippen LogP contribution in [0.5, 0.6) is 0 Å². The van der Waals surface area contributed by atoms with Crippen molar-refractivity contribution in [2.24, 2.45) is 47.3 Å². The maximum absolute atomic E-state index is 11.7. The highest BCUT2D eigenvalue weighted by atomic mass is 16.1. The fourth-order valence-corrected chi connectivity index (χ4v) is 5.51. The molecular formula is C10H8O2. The Hall–Kier alpha value is -0.660. The summed E-state index contributed by atoms with van der Waals surface area (Å²) >= 11 is 0. The first-order chi connectivity index (χ1) is 5.82. The molecule has 0 N–H and O–H groups in total. The predicted molar refractivity (Wildman–Crippen MR) is 37.9 cm³/mol. The van der Waals surface area contributed by atoms with Crippen LogP contribution in [0.1, 0.15) is 0 Å². The molecule has 0 aromatic rings. The lowest BCUT2D eigenvalue weighted by atomic mass is 9.41. The van der Waals surface area contributed by atoms with Crippen LogP contribution in [-0.4, -0.2) is 11.6 Å². The summed E-state index contributed by atoms with van der Waals surface area (Å²) in [5, 5.41) is 0. The lowest BCUT2D eigenvalue weighted by molar-refractivity contribution is -0.172. The zero-order valence-electron chi connectivity index (χ0n) is 6.44. The van der Waals surface area contributed by atoms with E-state index in [1.165, 1.54) is 0 Å². The number of carbonyl (C=O) groups is 2. The summed E-state index contributed by atoms with van der Waals surface area (Å²) in [6, 6.07) is 0. The van der Waals surface area contributed by atoms with E-state index in [1.54, 1.807) is 0 Å². The fourth-order valence-electron chi connectivity index (χ4n) is 5.51. The molecule has 6 rings (SSSR count). The summed E-state index contributed by atoms with van der Waals surface area (Å²) in [7, 11) is 0. The minimum absolute atomic E-state index is 0.229. The minimum Gasteiger partial charge on any atom is -0.299 e. The Bertz CT molecular complexity index is 336. The van der Waals surface area contributed by atoms with Crippen LogP contribution in [-0.2, 0) is 9.59 Å². The van der Waals surface area contributed by atoms with Crippen molar-refractivity contribution in [2.75, 3.05) is 0 Å². The quantitative estimate of drug-likeness (QED) is 0.504. The van der Waals surface area contributed by atoms with Crippen LogP contribution in [0.2, 0.25) is 0 Å². The van der Waals surface area contributed by atoms with Crippen molar-refractivity contribution in [1.82, 2.24) is 0 Å². The van der Waals surface area contributed by atoms with Crippen molar-refractivity contribution < 1.29 is 9.59 Å². The summed E-state index contributed by atoms with van der Waals surface area (Å²) in [4.78, 5) is 23.4. The molecule has 0 unspecified atom stereocenters. The average molecular weight is 160 g/mol. The molecule has 0 aromatic heterocycles. The summed E-state index contributed by atoms with van der Waals surface area (Å²) in [6.45, 7) is 0. The Balaban J connectivity index is 1.93. The Labute approximate surface area is 69.3 Å². The molecule has 60 valence electrons. The number of ketones is 2. The van der Waals surface area contributed by atoms with E-state index >= 15 is 0 Å². The maximum atomic E-state index is 11.7. The van der Waals surface area contributed by atoms with Gasteiger partial charge in [-0.05, 0) is 23.7 Å². The summed E-state index contributed by atoms with van der Waals surface area (Å²) in [5.74, 6) is 4.65. The van der Waals surface area contributed by atoms with Gasteiger partial charge in [0.05, 0.1) is 0 Å². The van der Waals surface area contributed by atoms with Gasteiger partial charge in [-0.3, -0.25) is 9.59 Å². The molecule has 0 spiro atoms. The third kappa shape index (κ3) is 0.212. The summed E-state index contributed by atoms with van der Waals surface area (Å²) in [5.41, 5.74) is 0. The first-order valence-corrected chi connectivity index (χ1v) is 4.90. The van der Waals surface area contributed by atoms with E-state index in [9.17, 15) is 9.59 Å². The number of rotatable bonds is 0. The largest absolute Gasteiger partial charge is 0.299 e. The second-order valence-electron chi connectivity index (χ2n) is 5.22. The van der Waals surface area contributed by atoms with Crippen molar-refractivity contribution in [3.05, 3.63) is 0 Å². The third-order valence-electron chi connectivity index (χ3n) is 5.52. The van der Waals surface area contributed by atoms with Crippen LogP contribution in [0.4, 0.5) is 0 Å². The molecular weight excluding hydrogens is 152 g/mol. The van der Waals surface area contributed by atoms with Gasteiger partial charge in [0.1, 0.15) is 11.6 Å². The number of hydrogen-bond donors (Lipinski definition) is 0. The highest BCUT2D eigenvalue weighted by molar-refractivity contribution is 6.07. The molecule has 6 aliphatic carbocycles. The lowest BCUT2D eigenvalue weighted by Gasteiger charge is -2.61. The molecule has 0 radical (unpaired) electrons. The second-order valence-corrected chi connectivity index (χ2v) is 5.22. The van der Waals surface area contributed by atoms with Gasteiger partial charge in [0.15, 0.2) is 0 Å². The first-order valence-electron chi connectivity index (χ1n) is 4.90. The molecule has 0 amide bonds. The first kappa shape index (κ1) is 5.15. The molecule has 0 aliphatic heterocycles. The van der Waals surface area contributed by atoms with Gasteiger partial charge >= 0.3 is 0 Å². The molecule has 0 saturated heterocycles. The smallest absolute Gasteiger partial charge is 0.140 e. The fraction of sp³-hybridized carbons (Fsp3) is 0.800. The summed E-state index contributed by atoms with van der Waals surface area (Å²) in [6.07, 6.45) is 0. The normalized spacial score (nSPS) is 78.3. The predicted octanol–water partition coefficient (Wildman–Crippen LogP) is 0.122. The van der Waals surface area contributed by atoms with E-state index in [0.29, 0.717) is 47.1 Å². The minimum atomic E-state index is 0.229. The Morgan fingerprint density at radius 2 is 1.00 bits per heavy atom. The van der Waals surface area contributed by atoms with Gasteiger partial charge in [0.2, 0.25) is 0 Å². The van der Waals surface area contributed by atoms with E-state index in [4.69, 9.17) is 0 Å². The van der Waals surface area contributed by atoms with Gasteiger partial charge in [0, 0.05) is 23.7 Å². The van der Waals surface area contributed by atoms with Gasteiger partial charge in [-0.2, -0.15) is 0 Å². The SMILES string of the molecule is O=C1[C@@H]2[C@@H]3C(=O)[C@H]4[C@H]2[C@H]2[C@@H]1[C@@H]3[C@H]42. The number of hydrogen-bond acceptors (Lipinski definition) is 2. The van der Waals surface area contributed by atoms with Crippen LogP contribution >= 0.6 is 0 Å². The molecule has 2 nitrogen and oxygen atoms in total. The topological polar surface area (TPSA) is 34.1 Å². The van der Waals surface area contributed by atoms with Crippen LogP contribution < -0.4 is 0 Å². The van der Waals surface area contributed by atoms with Crippen molar-refractivity contribution in [3.63, 3.8) is 0 Å². The average Bonchev–Trinajstić information content (AvgIpc) is 2.45. The summed E-state index contributed by atoms with van der Waals surface area (Å²) < 4.78 is 0. The Kier molecular flexibility index (Phi) is 0.450. The van der Waals surface area contributed by atoms with Crippen molar-refractivity contribution in [2.45, 2.75) is 0 Å². The highest BCUT2D eigenvalue weighted by Gasteiger charge is 2.90. The molecule has 4 bridgehead atoms. The molecule has 12 heavy (non-hydrogen) atoms. The van der Waals surface area contributed by atoms with E-state index in [0.717, 1.165) is 0 Å². The standard InChI is InChI=1S/C10H8O2/c11-9-5-1-2-4(5)8-7(9)3(1)6(2)10(8)12/h1-8H/t1-,2+,3+,4-,5-,6-,7-,8+/m1/s1. The van der Waals surface area contributed by atoms with Gasteiger partial charge in [-0.1, -0.05) is 0 Å². The van der Waals surface area contributed by atoms with Gasteiger partial charge in [-0.15, -0.1) is 0 Å². The third-order valence-corrected chi connectivity index (χ3v) is 5.52. The van der Waals surface area contributed by atoms with E-state index < -0.39 is 0 Å². The molecule has 8 atom stereocenters. The zero-order chi connectivity index (χ0) is 7.77. The van der Waals surface area contributed by atoms with Gasteiger partial charge in [0.25, 0.3) is 0 Å². The number of carbonyl (C=O) groups excluding carboxylic acids is 2. The molecule has 2 heteroatoms. The lowest BCUT2D eigenvalue weighted by Crippen LogP contribution is -2.61. The van der Waals surface area contributed by atoms with Crippen LogP contribution in [0.25, 0.3) is 0 Å². The molecule has 6 saturated carbocycles. The molecule has 0 aromatic carbocycles.